The molecular formula is C18H16ClF6N3. The molecule has 2 heterocycles. The van der Waals surface area contributed by atoms with Gasteiger partial charge in [0, 0.05) is 17.7 Å². The van der Waals surface area contributed by atoms with Gasteiger partial charge < -0.3 is 4.90 Å². The van der Waals surface area contributed by atoms with Gasteiger partial charge in [-0.1, -0.05) is 24.6 Å². The summed E-state index contributed by atoms with van der Waals surface area (Å²) in [7, 11) is 0. The number of aryl methyl sites for hydroxylation is 1. The fraction of sp³-hybridized carbons (Fsp3) is 0.444. The third kappa shape index (κ3) is 3.64. The topological polar surface area (TPSA) is 29.0 Å². The molecule has 1 unspecified atom stereocenters. The number of aromatic nitrogens is 2. The molecule has 3 rings (SSSR count). The van der Waals surface area contributed by atoms with Crippen molar-refractivity contribution in [2.75, 3.05) is 18.1 Å². The lowest BCUT2D eigenvalue weighted by Crippen LogP contribution is -2.30. The first kappa shape index (κ1) is 20.7. The number of nitrogens with zero attached hydrogens (tertiary/aromatic N) is 3. The van der Waals surface area contributed by atoms with Crippen molar-refractivity contribution in [2.24, 2.45) is 0 Å². The normalized spacial score (nSPS) is 17.6. The average Bonchev–Trinajstić information content (AvgIpc) is 2.60. The summed E-state index contributed by atoms with van der Waals surface area (Å²) < 4.78 is 80.8. The molecule has 28 heavy (non-hydrogen) atoms. The van der Waals surface area contributed by atoms with Crippen molar-refractivity contribution in [3.8, 4) is 0 Å². The van der Waals surface area contributed by atoms with E-state index in [2.05, 4.69) is 9.97 Å². The van der Waals surface area contributed by atoms with Crippen molar-refractivity contribution in [2.45, 2.75) is 38.3 Å². The van der Waals surface area contributed by atoms with Gasteiger partial charge in [-0.3, -0.25) is 0 Å². The van der Waals surface area contributed by atoms with Crippen molar-refractivity contribution in [1.82, 2.24) is 9.97 Å². The highest BCUT2D eigenvalue weighted by atomic mass is 35.5. The minimum atomic E-state index is -4.92. The van der Waals surface area contributed by atoms with Gasteiger partial charge in [0.25, 0.3) is 0 Å². The van der Waals surface area contributed by atoms with E-state index < -0.39 is 29.9 Å². The third-order valence-corrected chi connectivity index (χ3v) is 5.00. The molecule has 0 saturated carbocycles. The molecule has 3 nitrogen and oxygen atoms in total. The van der Waals surface area contributed by atoms with E-state index in [1.165, 1.54) is 4.90 Å². The lowest BCUT2D eigenvalue weighted by atomic mass is 9.93. The number of rotatable bonds is 3. The molecule has 1 aliphatic heterocycles. The molecule has 1 aromatic heterocycles. The summed E-state index contributed by atoms with van der Waals surface area (Å²) in [5, 5.41) is 0.147. The van der Waals surface area contributed by atoms with E-state index in [1.807, 2.05) is 6.92 Å². The average molecular weight is 424 g/mol. The first-order valence-electron chi connectivity index (χ1n) is 8.42. The molecule has 0 aliphatic carbocycles. The maximum atomic E-state index is 13.7. The van der Waals surface area contributed by atoms with Crippen LogP contribution in [-0.2, 0) is 12.1 Å². The highest BCUT2D eigenvalue weighted by Gasteiger charge is 2.41. The van der Waals surface area contributed by atoms with Crippen molar-refractivity contribution in [3.63, 3.8) is 0 Å². The minimum absolute atomic E-state index is 0.0798. The summed E-state index contributed by atoms with van der Waals surface area (Å²) in [4.78, 5) is 9.61. The van der Waals surface area contributed by atoms with Crippen LogP contribution in [-0.4, -0.2) is 23.2 Å². The van der Waals surface area contributed by atoms with Crippen LogP contribution >= 0.6 is 11.6 Å². The van der Waals surface area contributed by atoms with Gasteiger partial charge in [0.05, 0.1) is 11.3 Å². The van der Waals surface area contributed by atoms with E-state index in [4.69, 9.17) is 11.6 Å². The highest BCUT2D eigenvalue weighted by Crippen LogP contribution is 2.46. The molecule has 1 aliphatic rings. The molecule has 1 atom stereocenters. The molecule has 0 amide bonds. The van der Waals surface area contributed by atoms with E-state index in [1.54, 1.807) is 6.92 Å². The van der Waals surface area contributed by atoms with Crippen LogP contribution in [0.25, 0.3) is 0 Å². The summed E-state index contributed by atoms with van der Waals surface area (Å²) in [6.45, 7) is 1.51. The standard InChI is InChI=1S/C18H16ClF6N3/c1-9-5-6-28(16-14(9)15(19)26-10(2)27-16)13-4-3-11(17(21,22)8-20)7-12(13)18(23,24)25/h3-4,7,9H,5-6,8H2,1-2H3. The van der Waals surface area contributed by atoms with Crippen LogP contribution in [0.4, 0.5) is 37.8 Å². The van der Waals surface area contributed by atoms with E-state index in [9.17, 15) is 26.3 Å². The van der Waals surface area contributed by atoms with Gasteiger partial charge in [0.1, 0.15) is 16.8 Å². The zero-order valence-corrected chi connectivity index (χ0v) is 15.7. The second-order valence-corrected chi connectivity index (χ2v) is 7.07. The molecule has 0 N–H and O–H groups in total. The Labute approximate surface area is 162 Å². The molecule has 10 heteroatoms. The Morgan fingerprint density at radius 3 is 2.46 bits per heavy atom. The van der Waals surface area contributed by atoms with Gasteiger partial charge in [-0.15, -0.1) is 0 Å². The van der Waals surface area contributed by atoms with E-state index in [-0.39, 0.29) is 34.9 Å². The molecule has 0 saturated heterocycles. The Balaban J connectivity index is 2.21. The number of fused-ring (bicyclic) bond motifs is 1. The summed E-state index contributed by atoms with van der Waals surface area (Å²) in [6, 6.07) is 2.02. The van der Waals surface area contributed by atoms with Gasteiger partial charge in [-0.2, -0.15) is 22.0 Å². The van der Waals surface area contributed by atoms with Crippen LogP contribution in [0.5, 0.6) is 0 Å². The first-order valence-corrected chi connectivity index (χ1v) is 8.80. The molecule has 0 spiro atoms. The van der Waals surface area contributed by atoms with Crippen molar-refractivity contribution in [3.05, 3.63) is 45.9 Å². The van der Waals surface area contributed by atoms with E-state index in [0.29, 0.717) is 18.1 Å². The summed E-state index contributed by atoms with van der Waals surface area (Å²) in [5.41, 5.74) is -2.15. The van der Waals surface area contributed by atoms with Crippen molar-refractivity contribution in [1.29, 1.82) is 0 Å². The van der Waals surface area contributed by atoms with Crippen molar-refractivity contribution < 1.29 is 26.3 Å². The number of alkyl halides is 6. The molecule has 2 aromatic rings. The quantitative estimate of drug-likeness (QED) is 0.437. The maximum Gasteiger partial charge on any atom is 0.418 e. The Morgan fingerprint density at radius 1 is 1.18 bits per heavy atom. The minimum Gasteiger partial charge on any atom is -0.325 e. The zero-order chi connectivity index (χ0) is 20.9. The first-order chi connectivity index (χ1) is 13.0. The molecule has 0 bridgehead atoms. The summed E-state index contributed by atoms with van der Waals surface area (Å²) in [5.74, 6) is -3.60. The highest BCUT2D eigenvalue weighted by molar-refractivity contribution is 6.30. The molecule has 0 radical (unpaired) electrons. The molecule has 152 valence electrons. The van der Waals surface area contributed by atoms with E-state index in [0.717, 1.165) is 12.1 Å². The lowest BCUT2D eigenvalue weighted by Gasteiger charge is -2.35. The fourth-order valence-corrected chi connectivity index (χ4v) is 3.67. The fourth-order valence-electron chi connectivity index (χ4n) is 3.27. The van der Waals surface area contributed by atoms with Gasteiger partial charge in [0.15, 0.2) is 6.67 Å². The second-order valence-electron chi connectivity index (χ2n) is 6.71. The third-order valence-electron chi connectivity index (χ3n) is 4.71. The largest absolute Gasteiger partial charge is 0.418 e. The summed E-state index contributed by atoms with van der Waals surface area (Å²) in [6.07, 6.45) is -4.45. The van der Waals surface area contributed by atoms with Gasteiger partial charge in [-0.25, -0.2) is 14.4 Å². The summed E-state index contributed by atoms with van der Waals surface area (Å²) >= 11 is 6.19. The van der Waals surface area contributed by atoms with Crippen LogP contribution in [0.15, 0.2) is 18.2 Å². The van der Waals surface area contributed by atoms with Gasteiger partial charge in [-0.05, 0) is 31.4 Å². The number of hydrogen-bond acceptors (Lipinski definition) is 3. The second kappa shape index (κ2) is 7.09. The Hall–Kier alpha value is -2.03. The van der Waals surface area contributed by atoms with Crippen LogP contribution in [0, 0.1) is 6.92 Å². The monoisotopic (exact) mass is 423 g/mol. The molecule has 1 aromatic carbocycles. The Bertz CT molecular complexity index is 900. The Kier molecular flexibility index (Phi) is 5.24. The smallest absolute Gasteiger partial charge is 0.325 e. The van der Waals surface area contributed by atoms with Gasteiger partial charge >= 0.3 is 12.1 Å². The number of anilines is 2. The number of benzene rings is 1. The van der Waals surface area contributed by atoms with Crippen LogP contribution in [0.3, 0.4) is 0 Å². The maximum absolute atomic E-state index is 13.7. The van der Waals surface area contributed by atoms with E-state index >= 15 is 0 Å². The molecule has 0 fully saturated rings. The predicted molar refractivity (Wildman–Crippen MR) is 93.1 cm³/mol. The lowest BCUT2D eigenvalue weighted by molar-refractivity contribution is -0.137. The number of hydrogen-bond donors (Lipinski definition) is 0. The Morgan fingerprint density at radius 2 is 1.86 bits per heavy atom. The van der Waals surface area contributed by atoms with Crippen LogP contribution < -0.4 is 4.90 Å². The predicted octanol–water partition coefficient (Wildman–Crippen LogP) is 6.16. The van der Waals surface area contributed by atoms with Crippen LogP contribution in [0.1, 0.15) is 41.8 Å². The SMILES string of the molecule is Cc1nc(Cl)c2c(n1)N(c1ccc(C(F)(F)CF)cc1C(F)(F)F)CCC2C. The molecular weight excluding hydrogens is 408 g/mol. The van der Waals surface area contributed by atoms with Gasteiger partial charge in [0.2, 0.25) is 0 Å². The zero-order valence-electron chi connectivity index (χ0n) is 14.9. The number of halogens is 7. The van der Waals surface area contributed by atoms with Crippen molar-refractivity contribution >= 4 is 23.1 Å². The van der Waals surface area contributed by atoms with Crippen LogP contribution in [0.2, 0.25) is 5.15 Å².